The van der Waals surface area contributed by atoms with E-state index in [4.69, 9.17) is 4.74 Å². The van der Waals surface area contributed by atoms with Crippen LogP contribution < -0.4 is 10.1 Å². The Balaban J connectivity index is 2.01. The molecule has 0 aromatic heterocycles. The summed E-state index contributed by atoms with van der Waals surface area (Å²) in [5, 5.41) is 21.5. The summed E-state index contributed by atoms with van der Waals surface area (Å²) in [4.78, 5) is 11.6. The highest BCUT2D eigenvalue weighted by molar-refractivity contribution is 7.99. The first-order valence-electron chi connectivity index (χ1n) is 6.48. The number of hydrogen-bond acceptors (Lipinski definition) is 5. The zero-order valence-electron chi connectivity index (χ0n) is 11.3. The summed E-state index contributed by atoms with van der Waals surface area (Å²) in [6.45, 7) is 0.501. The third-order valence-corrected chi connectivity index (χ3v) is 3.87. The molecular formula is C13H18BNO4S. The molecule has 0 spiro atoms. The zero-order valence-corrected chi connectivity index (χ0v) is 12.1. The summed E-state index contributed by atoms with van der Waals surface area (Å²) in [7, 11) is -1.58. The number of carbonyl (C=O) groups excluding carboxylic acids is 1. The number of thioether (sulfide) groups is 1. The molecule has 5 nitrogen and oxygen atoms in total. The lowest BCUT2D eigenvalue weighted by atomic mass is 9.73. The van der Waals surface area contributed by atoms with Crippen molar-refractivity contribution in [3.05, 3.63) is 29.8 Å². The number of para-hydroxylation sites is 1. The number of hydrogen-bond donors (Lipinski definition) is 3. The van der Waals surface area contributed by atoms with E-state index in [1.807, 2.05) is 30.5 Å². The van der Waals surface area contributed by atoms with Gasteiger partial charge in [0, 0.05) is 11.5 Å². The second-order valence-corrected chi connectivity index (χ2v) is 5.67. The molecule has 0 saturated heterocycles. The minimum atomic E-state index is -1.58. The minimum absolute atomic E-state index is 0.0626. The molecule has 0 aliphatic carbocycles. The summed E-state index contributed by atoms with van der Waals surface area (Å²) in [6.07, 6.45) is 2.26. The van der Waals surface area contributed by atoms with Crippen molar-refractivity contribution in [1.82, 2.24) is 5.32 Å². The second kappa shape index (κ2) is 7.01. The number of amides is 1. The van der Waals surface area contributed by atoms with Crippen LogP contribution in [0.25, 0.3) is 0 Å². The molecule has 0 radical (unpaired) electrons. The standard InChI is InChI=1S/C13H18BNO4S/c1-20-8-13(16)15-12(14(17)18)6-9-7-19-11-5-3-2-4-10(9)11/h2-5,9,12,17-18H,6-8H2,1H3,(H,15,16)/t9-,12+/m1/s1. The van der Waals surface area contributed by atoms with Crippen LogP contribution in [-0.4, -0.2) is 47.6 Å². The van der Waals surface area contributed by atoms with Gasteiger partial charge in [0.2, 0.25) is 5.91 Å². The summed E-state index contributed by atoms with van der Waals surface area (Å²) in [5.41, 5.74) is 1.05. The van der Waals surface area contributed by atoms with Crippen molar-refractivity contribution in [1.29, 1.82) is 0 Å². The van der Waals surface area contributed by atoms with Crippen molar-refractivity contribution in [3.63, 3.8) is 0 Å². The summed E-state index contributed by atoms with van der Waals surface area (Å²) >= 11 is 1.39. The van der Waals surface area contributed by atoms with Crippen molar-refractivity contribution in [2.75, 3.05) is 18.6 Å². The van der Waals surface area contributed by atoms with Crippen LogP contribution in [-0.2, 0) is 4.79 Å². The normalized spacial score (nSPS) is 18.1. The average molecular weight is 295 g/mol. The Morgan fingerprint density at radius 2 is 2.30 bits per heavy atom. The van der Waals surface area contributed by atoms with Crippen LogP contribution in [0.4, 0.5) is 0 Å². The van der Waals surface area contributed by atoms with Gasteiger partial charge in [-0.3, -0.25) is 4.79 Å². The van der Waals surface area contributed by atoms with E-state index in [1.54, 1.807) is 0 Å². The van der Waals surface area contributed by atoms with E-state index in [-0.39, 0.29) is 11.8 Å². The van der Waals surface area contributed by atoms with Gasteiger partial charge in [-0.15, -0.1) is 0 Å². The lowest BCUT2D eigenvalue weighted by molar-refractivity contribution is -0.119. The molecule has 1 aromatic carbocycles. The van der Waals surface area contributed by atoms with Gasteiger partial charge in [-0.1, -0.05) is 18.2 Å². The first kappa shape index (κ1) is 15.2. The Kier molecular flexibility index (Phi) is 5.34. The quantitative estimate of drug-likeness (QED) is 0.663. The fraction of sp³-hybridized carbons (Fsp3) is 0.462. The zero-order chi connectivity index (χ0) is 14.5. The highest BCUT2D eigenvalue weighted by atomic mass is 32.2. The molecule has 20 heavy (non-hydrogen) atoms. The Hall–Kier alpha value is -1.18. The Labute approximate surface area is 122 Å². The molecule has 1 heterocycles. The SMILES string of the molecule is CSCC(=O)N[C@@H](C[C@@H]1COc2ccccc21)B(O)O. The van der Waals surface area contributed by atoms with Gasteiger partial charge in [-0.2, -0.15) is 11.8 Å². The Morgan fingerprint density at radius 3 is 3.00 bits per heavy atom. The third-order valence-electron chi connectivity index (χ3n) is 3.32. The molecule has 0 unspecified atom stereocenters. The maximum Gasteiger partial charge on any atom is 0.475 e. The number of fused-ring (bicyclic) bond motifs is 1. The van der Waals surface area contributed by atoms with Crippen LogP contribution in [0.1, 0.15) is 17.9 Å². The second-order valence-electron chi connectivity index (χ2n) is 4.80. The van der Waals surface area contributed by atoms with E-state index >= 15 is 0 Å². The van der Waals surface area contributed by atoms with Gasteiger partial charge in [0.05, 0.1) is 18.3 Å². The monoisotopic (exact) mass is 295 g/mol. The maximum atomic E-state index is 11.6. The van der Waals surface area contributed by atoms with E-state index < -0.39 is 13.1 Å². The highest BCUT2D eigenvalue weighted by Gasteiger charge is 2.32. The maximum absolute atomic E-state index is 11.6. The summed E-state index contributed by atoms with van der Waals surface area (Å²) < 4.78 is 5.56. The van der Waals surface area contributed by atoms with Gasteiger partial charge >= 0.3 is 7.12 Å². The Morgan fingerprint density at radius 1 is 1.55 bits per heavy atom. The van der Waals surface area contributed by atoms with Crippen LogP contribution in [0.5, 0.6) is 5.75 Å². The van der Waals surface area contributed by atoms with Gasteiger partial charge in [-0.25, -0.2) is 0 Å². The smallest absolute Gasteiger partial charge is 0.475 e. The third kappa shape index (κ3) is 3.68. The number of carbonyl (C=O) groups is 1. The lowest BCUT2D eigenvalue weighted by Gasteiger charge is -2.20. The molecule has 1 aliphatic heterocycles. The van der Waals surface area contributed by atoms with Gasteiger partial charge in [0.1, 0.15) is 5.75 Å². The molecule has 1 amide bonds. The molecule has 2 atom stereocenters. The Bertz CT molecular complexity index is 471. The van der Waals surface area contributed by atoms with Crippen molar-refractivity contribution >= 4 is 24.8 Å². The van der Waals surface area contributed by atoms with Crippen molar-refractivity contribution < 1.29 is 19.6 Å². The molecule has 2 rings (SSSR count). The summed E-state index contributed by atoms with van der Waals surface area (Å²) in [5.74, 6) is 0.324. The number of nitrogens with one attached hydrogen (secondary N) is 1. The van der Waals surface area contributed by atoms with E-state index in [1.165, 1.54) is 11.8 Å². The molecule has 108 valence electrons. The van der Waals surface area contributed by atoms with Crippen LogP contribution in [0.2, 0.25) is 0 Å². The van der Waals surface area contributed by atoms with Crippen LogP contribution >= 0.6 is 11.8 Å². The van der Waals surface area contributed by atoms with Crippen LogP contribution in [0.3, 0.4) is 0 Å². The highest BCUT2D eigenvalue weighted by Crippen LogP contribution is 2.36. The van der Waals surface area contributed by atoms with E-state index in [0.29, 0.717) is 18.8 Å². The van der Waals surface area contributed by atoms with E-state index in [2.05, 4.69) is 5.32 Å². The molecule has 1 aromatic rings. The van der Waals surface area contributed by atoms with E-state index in [0.717, 1.165) is 11.3 Å². The predicted molar refractivity (Wildman–Crippen MR) is 79.8 cm³/mol. The molecule has 0 bridgehead atoms. The van der Waals surface area contributed by atoms with Crippen molar-refractivity contribution in [3.8, 4) is 5.75 Å². The van der Waals surface area contributed by atoms with Gasteiger partial charge < -0.3 is 20.1 Å². The first-order chi connectivity index (χ1) is 9.61. The summed E-state index contributed by atoms with van der Waals surface area (Å²) in [6, 6.07) is 7.70. The van der Waals surface area contributed by atoms with Crippen LogP contribution in [0.15, 0.2) is 24.3 Å². The molecule has 7 heteroatoms. The van der Waals surface area contributed by atoms with Crippen molar-refractivity contribution in [2.24, 2.45) is 0 Å². The molecule has 3 N–H and O–H groups in total. The largest absolute Gasteiger partial charge is 0.493 e. The van der Waals surface area contributed by atoms with Gasteiger partial charge in [-0.05, 0) is 18.7 Å². The number of rotatable bonds is 6. The topological polar surface area (TPSA) is 78.8 Å². The number of benzene rings is 1. The molecule has 0 saturated carbocycles. The van der Waals surface area contributed by atoms with E-state index in [9.17, 15) is 14.8 Å². The van der Waals surface area contributed by atoms with Crippen LogP contribution in [0, 0.1) is 0 Å². The fourth-order valence-corrected chi connectivity index (χ4v) is 2.71. The first-order valence-corrected chi connectivity index (χ1v) is 7.87. The van der Waals surface area contributed by atoms with Gasteiger partial charge in [0.25, 0.3) is 0 Å². The van der Waals surface area contributed by atoms with Crippen molar-refractivity contribution in [2.45, 2.75) is 18.3 Å². The fourth-order valence-electron chi connectivity index (χ4n) is 2.37. The lowest BCUT2D eigenvalue weighted by Crippen LogP contribution is -2.48. The number of ether oxygens (including phenoxy) is 1. The minimum Gasteiger partial charge on any atom is -0.493 e. The molecule has 0 fully saturated rings. The predicted octanol–water partition coefficient (Wildman–Crippen LogP) is 0.412. The van der Waals surface area contributed by atoms with Gasteiger partial charge in [0.15, 0.2) is 0 Å². The average Bonchev–Trinajstić information content (AvgIpc) is 2.82. The molecular weight excluding hydrogens is 277 g/mol. The molecule has 1 aliphatic rings.